The lowest BCUT2D eigenvalue weighted by atomic mass is 10.1. The van der Waals surface area contributed by atoms with Crippen LogP contribution in [0.5, 0.6) is 0 Å². The molecule has 0 aliphatic heterocycles. The van der Waals surface area contributed by atoms with Gasteiger partial charge in [0.15, 0.2) is 0 Å². The number of rotatable bonds is 6. The van der Waals surface area contributed by atoms with Crippen molar-refractivity contribution < 1.29 is 14.3 Å². The predicted molar refractivity (Wildman–Crippen MR) is 76.9 cm³/mol. The van der Waals surface area contributed by atoms with Gasteiger partial charge in [0.2, 0.25) is 5.91 Å². The highest BCUT2D eigenvalue weighted by Crippen LogP contribution is 2.09. The van der Waals surface area contributed by atoms with Gasteiger partial charge in [-0.3, -0.25) is 9.59 Å². The van der Waals surface area contributed by atoms with Crippen LogP contribution >= 0.6 is 0 Å². The van der Waals surface area contributed by atoms with Crippen molar-refractivity contribution >= 4 is 11.9 Å². The first-order valence-electron chi connectivity index (χ1n) is 6.72. The number of carbonyl (C=O) groups is 2. The SMILES string of the molecule is COC(=O)CCCN(C)C(=O)Cc1c(C)nc(=O)[nH]c1C. The van der Waals surface area contributed by atoms with Gasteiger partial charge in [-0.25, -0.2) is 4.79 Å². The van der Waals surface area contributed by atoms with Gasteiger partial charge in [0, 0.05) is 37.0 Å². The van der Waals surface area contributed by atoms with Gasteiger partial charge in [-0.15, -0.1) is 0 Å². The fraction of sp³-hybridized carbons (Fsp3) is 0.571. The molecule has 1 rings (SSSR count). The minimum Gasteiger partial charge on any atom is -0.469 e. The zero-order chi connectivity index (χ0) is 16.0. The fourth-order valence-corrected chi connectivity index (χ4v) is 1.99. The summed E-state index contributed by atoms with van der Waals surface area (Å²) in [6, 6.07) is 0. The Balaban J connectivity index is 2.61. The van der Waals surface area contributed by atoms with E-state index in [-0.39, 0.29) is 24.7 Å². The summed E-state index contributed by atoms with van der Waals surface area (Å²) < 4.78 is 4.55. The number of aryl methyl sites for hydroxylation is 2. The number of esters is 1. The number of aromatic nitrogens is 2. The Morgan fingerprint density at radius 3 is 2.57 bits per heavy atom. The average Bonchev–Trinajstić information content (AvgIpc) is 2.41. The Kier molecular flexibility index (Phi) is 6.08. The third-order valence-electron chi connectivity index (χ3n) is 3.31. The van der Waals surface area contributed by atoms with E-state index in [2.05, 4.69) is 14.7 Å². The first kappa shape index (κ1) is 16.9. The van der Waals surface area contributed by atoms with Crippen molar-refractivity contribution in [2.45, 2.75) is 33.1 Å². The van der Waals surface area contributed by atoms with Gasteiger partial charge in [-0.05, 0) is 20.3 Å². The lowest BCUT2D eigenvalue weighted by Crippen LogP contribution is -2.30. The predicted octanol–water partition coefficient (Wildman–Crippen LogP) is 0.341. The first-order valence-corrected chi connectivity index (χ1v) is 6.72. The molecule has 1 aromatic heterocycles. The maximum atomic E-state index is 12.1. The second kappa shape index (κ2) is 7.56. The van der Waals surface area contributed by atoms with Crippen molar-refractivity contribution in [2.75, 3.05) is 20.7 Å². The molecule has 0 unspecified atom stereocenters. The van der Waals surface area contributed by atoms with Crippen molar-refractivity contribution in [3.8, 4) is 0 Å². The number of hydrogen-bond donors (Lipinski definition) is 1. The molecular formula is C14H21N3O4. The number of carbonyl (C=O) groups excluding carboxylic acids is 2. The molecule has 7 nitrogen and oxygen atoms in total. The molecule has 0 fully saturated rings. The minimum absolute atomic E-state index is 0.0834. The number of H-pyrrole nitrogens is 1. The van der Waals surface area contributed by atoms with Gasteiger partial charge >= 0.3 is 11.7 Å². The number of nitrogens with zero attached hydrogens (tertiary/aromatic N) is 2. The summed E-state index contributed by atoms with van der Waals surface area (Å²) in [6.07, 6.45) is 1.01. The van der Waals surface area contributed by atoms with E-state index in [0.717, 1.165) is 5.56 Å². The molecule has 0 spiro atoms. The van der Waals surface area contributed by atoms with Crippen LogP contribution in [0.25, 0.3) is 0 Å². The lowest BCUT2D eigenvalue weighted by molar-refractivity contribution is -0.141. The Labute approximate surface area is 123 Å². The van der Waals surface area contributed by atoms with Crippen molar-refractivity contribution in [2.24, 2.45) is 0 Å². The summed E-state index contributed by atoms with van der Waals surface area (Å²) in [5.74, 6) is -0.368. The van der Waals surface area contributed by atoms with Crippen LogP contribution in [0, 0.1) is 13.8 Å². The van der Waals surface area contributed by atoms with Crippen molar-refractivity contribution in [1.29, 1.82) is 0 Å². The van der Waals surface area contributed by atoms with E-state index in [9.17, 15) is 14.4 Å². The summed E-state index contributed by atoms with van der Waals surface area (Å²) in [5, 5.41) is 0. The molecule has 0 saturated heterocycles. The zero-order valence-corrected chi connectivity index (χ0v) is 12.9. The third kappa shape index (κ3) is 5.02. The number of methoxy groups -OCH3 is 1. The van der Waals surface area contributed by atoms with Crippen LogP contribution in [-0.4, -0.2) is 47.4 Å². The smallest absolute Gasteiger partial charge is 0.345 e. The van der Waals surface area contributed by atoms with E-state index < -0.39 is 5.69 Å². The maximum Gasteiger partial charge on any atom is 0.345 e. The second-order valence-corrected chi connectivity index (χ2v) is 4.90. The molecule has 1 aromatic rings. The highest BCUT2D eigenvalue weighted by molar-refractivity contribution is 5.79. The number of hydrogen-bond acceptors (Lipinski definition) is 5. The van der Waals surface area contributed by atoms with Crippen molar-refractivity contribution in [3.63, 3.8) is 0 Å². The Morgan fingerprint density at radius 2 is 2.00 bits per heavy atom. The number of ether oxygens (including phenoxy) is 1. The van der Waals surface area contributed by atoms with Gasteiger partial charge in [-0.2, -0.15) is 4.98 Å². The monoisotopic (exact) mass is 295 g/mol. The lowest BCUT2D eigenvalue weighted by Gasteiger charge is -2.18. The first-order chi connectivity index (χ1) is 9.85. The second-order valence-electron chi connectivity index (χ2n) is 4.90. The highest BCUT2D eigenvalue weighted by atomic mass is 16.5. The molecule has 0 atom stereocenters. The largest absolute Gasteiger partial charge is 0.469 e. The molecular weight excluding hydrogens is 274 g/mol. The molecule has 1 amide bonds. The van der Waals surface area contributed by atoms with Gasteiger partial charge in [0.05, 0.1) is 13.5 Å². The minimum atomic E-state index is -0.410. The van der Waals surface area contributed by atoms with E-state index >= 15 is 0 Å². The number of aromatic amines is 1. The van der Waals surface area contributed by atoms with Crippen molar-refractivity contribution in [3.05, 3.63) is 27.4 Å². The van der Waals surface area contributed by atoms with E-state index in [1.165, 1.54) is 7.11 Å². The van der Waals surface area contributed by atoms with Crippen LogP contribution in [0.15, 0.2) is 4.79 Å². The Morgan fingerprint density at radius 1 is 1.33 bits per heavy atom. The Bertz CT molecular complexity index is 554. The van der Waals surface area contributed by atoms with Crippen LogP contribution in [0.4, 0.5) is 0 Å². The van der Waals surface area contributed by atoms with Crippen LogP contribution in [-0.2, 0) is 20.7 Å². The number of amides is 1. The van der Waals surface area contributed by atoms with Gasteiger partial charge < -0.3 is 14.6 Å². The number of likely N-dealkylation sites (N-methyl/N-ethyl adjacent to an activating group) is 1. The van der Waals surface area contributed by atoms with Crippen LogP contribution < -0.4 is 5.69 Å². The molecule has 0 bridgehead atoms. The molecule has 7 heteroatoms. The summed E-state index contributed by atoms with van der Waals surface area (Å²) in [5.41, 5.74) is 1.54. The molecule has 0 saturated carbocycles. The Hall–Kier alpha value is -2.18. The topological polar surface area (TPSA) is 92.4 Å². The average molecular weight is 295 g/mol. The normalized spacial score (nSPS) is 10.3. The third-order valence-corrected chi connectivity index (χ3v) is 3.31. The van der Waals surface area contributed by atoms with E-state index in [1.807, 2.05) is 0 Å². The quantitative estimate of drug-likeness (QED) is 0.764. The highest BCUT2D eigenvalue weighted by Gasteiger charge is 2.14. The fourth-order valence-electron chi connectivity index (χ4n) is 1.99. The standard InChI is InChI=1S/C14H21N3O4/c1-9-11(10(2)16-14(20)15-9)8-12(18)17(3)7-5-6-13(19)21-4/h5-8H2,1-4H3,(H,15,16,20). The molecule has 116 valence electrons. The summed E-state index contributed by atoms with van der Waals surface area (Å²) in [6.45, 7) is 3.93. The summed E-state index contributed by atoms with van der Waals surface area (Å²) in [7, 11) is 3.02. The van der Waals surface area contributed by atoms with Crippen LogP contribution in [0.1, 0.15) is 29.8 Å². The molecule has 21 heavy (non-hydrogen) atoms. The van der Waals surface area contributed by atoms with Crippen LogP contribution in [0.3, 0.4) is 0 Å². The molecule has 1 N–H and O–H groups in total. The van der Waals surface area contributed by atoms with E-state index in [4.69, 9.17) is 0 Å². The molecule has 0 aliphatic carbocycles. The van der Waals surface area contributed by atoms with Crippen molar-refractivity contribution in [1.82, 2.24) is 14.9 Å². The van der Waals surface area contributed by atoms with Gasteiger partial charge in [-0.1, -0.05) is 0 Å². The van der Waals surface area contributed by atoms with E-state index in [0.29, 0.717) is 24.4 Å². The van der Waals surface area contributed by atoms with Gasteiger partial charge in [0.1, 0.15) is 0 Å². The summed E-state index contributed by atoms with van der Waals surface area (Å²) in [4.78, 5) is 42.3. The molecule has 0 aliphatic rings. The summed E-state index contributed by atoms with van der Waals surface area (Å²) >= 11 is 0. The zero-order valence-electron chi connectivity index (χ0n) is 12.9. The molecule has 0 radical (unpaired) electrons. The van der Waals surface area contributed by atoms with E-state index in [1.54, 1.807) is 25.8 Å². The molecule has 0 aromatic carbocycles. The van der Waals surface area contributed by atoms with Gasteiger partial charge in [0.25, 0.3) is 0 Å². The van der Waals surface area contributed by atoms with Crippen LogP contribution in [0.2, 0.25) is 0 Å². The number of nitrogens with one attached hydrogen (secondary N) is 1. The maximum absolute atomic E-state index is 12.1. The molecule has 1 heterocycles.